The first-order chi connectivity index (χ1) is 8.12. The summed E-state index contributed by atoms with van der Waals surface area (Å²) in [6.45, 7) is 8.06. The van der Waals surface area contributed by atoms with Crippen LogP contribution in [0.2, 0.25) is 0 Å². The van der Waals surface area contributed by atoms with Gasteiger partial charge in [0.15, 0.2) is 0 Å². The quantitative estimate of drug-likeness (QED) is 0.732. The Labute approximate surface area is 105 Å². The molecule has 0 aromatic rings. The summed E-state index contributed by atoms with van der Waals surface area (Å²) in [5, 5.41) is 0. The van der Waals surface area contributed by atoms with Crippen molar-refractivity contribution in [3.63, 3.8) is 0 Å². The molecule has 1 fully saturated rings. The van der Waals surface area contributed by atoms with E-state index in [0.29, 0.717) is 19.3 Å². The van der Waals surface area contributed by atoms with Crippen molar-refractivity contribution < 1.29 is 9.47 Å². The molecular formula is C13H28N2O2. The van der Waals surface area contributed by atoms with Gasteiger partial charge in [-0.2, -0.15) is 0 Å². The van der Waals surface area contributed by atoms with E-state index in [-0.39, 0.29) is 5.54 Å². The Morgan fingerprint density at radius 2 is 2.24 bits per heavy atom. The van der Waals surface area contributed by atoms with Crippen molar-refractivity contribution in [3.05, 3.63) is 0 Å². The molecule has 2 unspecified atom stereocenters. The minimum Gasteiger partial charge on any atom is -0.380 e. The molecule has 1 rings (SSSR count). The molecule has 1 aliphatic rings. The lowest BCUT2D eigenvalue weighted by atomic mass is 10.00. The molecule has 4 heteroatoms. The van der Waals surface area contributed by atoms with E-state index in [1.807, 2.05) is 6.92 Å². The van der Waals surface area contributed by atoms with Crippen LogP contribution in [0.3, 0.4) is 0 Å². The second-order valence-electron chi connectivity index (χ2n) is 5.21. The van der Waals surface area contributed by atoms with E-state index in [9.17, 15) is 0 Å². The van der Waals surface area contributed by atoms with Crippen LogP contribution in [0.1, 0.15) is 33.1 Å². The van der Waals surface area contributed by atoms with Gasteiger partial charge in [-0.05, 0) is 40.2 Å². The van der Waals surface area contributed by atoms with Crippen molar-refractivity contribution in [1.82, 2.24) is 4.90 Å². The van der Waals surface area contributed by atoms with Crippen LogP contribution >= 0.6 is 0 Å². The highest BCUT2D eigenvalue weighted by Gasteiger charge is 2.30. The van der Waals surface area contributed by atoms with Gasteiger partial charge in [-0.3, -0.25) is 4.90 Å². The molecule has 102 valence electrons. The van der Waals surface area contributed by atoms with Gasteiger partial charge in [0, 0.05) is 26.3 Å². The summed E-state index contributed by atoms with van der Waals surface area (Å²) < 4.78 is 11.3. The minimum atomic E-state index is -0.0865. The molecule has 1 saturated heterocycles. The summed E-state index contributed by atoms with van der Waals surface area (Å²) in [7, 11) is 2.11. The molecule has 17 heavy (non-hydrogen) atoms. The Balaban J connectivity index is 2.43. The van der Waals surface area contributed by atoms with E-state index in [0.717, 1.165) is 19.8 Å². The van der Waals surface area contributed by atoms with Gasteiger partial charge in [0.1, 0.15) is 0 Å². The van der Waals surface area contributed by atoms with Crippen molar-refractivity contribution >= 4 is 0 Å². The summed E-state index contributed by atoms with van der Waals surface area (Å²) in [5.74, 6) is 0. The molecule has 0 spiro atoms. The maximum atomic E-state index is 5.89. The van der Waals surface area contributed by atoms with Gasteiger partial charge < -0.3 is 15.2 Å². The fourth-order valence-electron chi connectivity index (χ4n) is 2.12. The summed E-state index contributed by atoms with van der Waals surface area (Å²) in [5.41, 5.74) is 5.80. The van der Waals surface area contributed by atoms with E-state index in [1.54, 1.807) is 0 Å². The van der Waals surface area contributed by atoms with Crippen molar-refractivity contribution in [2.75, 3.05) is 40.0 Å². The van der Waals surface area contributed by atoms with Crippen LogP contribution in [0.4, 0.5) is 0 Å². The van der Waals surface area contributed by atoms with Crippen molar-refractivity contribution in [3.8, 4) is 0 Å². The molecule has 0 amide bonds. The van der Waals surface area contributed by atoms with E-state index >= 15 is 0 Å². The van der Waals surface area contributed by atoms with Gasteiger partial charge in [-0.15, -0.1) is 0 Å². The maximum absolute atomic E-state index is 5.89. The number of nitrogens with two attached hydrogens (primary N) is 1. The van der Waals surface area contributed by atoms with Crippen LogP contribution in [0.5, 0.6) is 0 Å². The zero-order valence-corrected chi connectivity index (χ0v) is 11.6. The second-order valence-corrected chi connectivity index (χ2v) is 5.21. The molecule has 1 aliphatic heterocycles. The largest absolute Gasteiger partial charge is 0.380 e. The van der Waals surface area contributed by atoms with Gasteiger partial charge in [0.05, 0.1) is 18.2 Å². The average molecular weight is 244 g/mol. The third kappa shape index (κ3) is 4.54. The molecule has 0 radical (unpaired) electrons. The molecule has 0 aromatic carbocycles. The monoisotopic (exact) mass is 244 g/mol. The highest BCUT2D eigenvalue weighted by molar-refractivity contribution is 4.87. The number of rotatable bonds is 7. The van der Waals surface area contributed by atoms with E-state index in [1.165, 1.54) is 19.3 Å². The van der Waals surface area contributed by atoms with Gasteiger partial charge in [-0.25, -0.2) is 0 Å². The lowest BCUT2D eigenvalue weighted by Gasteiger charge is -2.40. The molecule has 0 bridgehead atoms. The Kier molecular flexibility index (Phi) is 6.41. The highest BCUT2D eigenvalue weighted by Crippen LogP contribution is 2.18. The van der Waals surface area contributed by atoms with Crippen LogP contribution in [-0.2, 0) is 9.47 Å². The maximum Gasteiger partial charge on any atom is 0.0702 e. The molecule has 0 aliphatic carbocycles. The van der Waals surface area contributed by atoms with Gasteiger partial charge >= 0.3 is 0 Å². The molecular weight excluding hydrogens is 216 g/mol. The zero-order chi connectivity index (χ0) is 12.7. The first-order valence-electron chi connectivity index (χ1n) is 6.73. The summed E-state index contributed by atoms with van der Waals surface area (Å²) in [6, 6.07) is 0. The number of nitrogens with zero attached hydrogens (tertiary/aromatic N) is 1. The topological polar surface area (TPSA) is 47.7 Å². The van der Waals surface area contributed by atoms with Crippen LogP contribution in [0.15, 0.2) is 0 Å². The highest BCUT2D eigenvalue weighted by atomic mass is 16.5. The fourth-order valence-corrected chi connectivity index (χ4v) is 2.12. The van der Waals surface area contributed by atoms with Crippen LogP contribution < -0.4 is 5.73 Å². The van der Waals surface area contributed by atoms with Crippen molar-refractivity contribution in [2.24, 2.45) is 5.73 Å². The third-order valence-corrected chi connectivity index (χ3v) is 3.73. The predicted octanol–water partition coefficient (Wildman–Crippen LogP) is 1.24. The molecule has 2 N–H and O–H groups in total. The summed E-state index contributed by atoms with van der Waals surface area (Å²) >= 11 is 0. The van der Waals surface area contributed by atoms with Gasteiger partial charge in [-0.1, -0.05) is 0 Å². The molecule has 1 heterocycles. The van der Waals surface area contributed by atoms with Crippen LogP contribution in [0.25, 0.3) is 0 Å². The van der Waals surface area contributed by atoms with Crippen molar-refractivity contribution in [1.29, 1.82) is 0 Å². The SMILES string of the molecule is CCOCC(C)(CN)N(C)CC1CCCCO1. The number of hydrogen-bond donors (Lipinski definition) is 1. The standard InChI is InChI=1S/C13H28N2O2/c1-4-16-11-13(2,10-14)15(3)9-12-7-5-6-8-17-12/h12H,4-11,14H2,1-3H3. The van der Waals surface area contributed by atoms with E-state index < -0.39 is 0 Å². The number of likely N-dealkylation sites (N-methyl/N-ethyl adjacent to an activating group) is 1. The molecule has 0 aromatic heterocycles. The Morgan fingerprint density at radius 1 is 1.47 bits per heavy atom. The van der Waals surface area contributed by atoms with Crippen LogP contribution in [0, 0.1) is 0 Å². The molecule has 0 saturated carbocycles. The van der Waals surface area contributed by atoms with Crippen molar-refractivity contribution in [2.45, 2.75) is 44.8 Å². The van der Waals surface area contributed by atoms with Gasteiger partial charge in [0.2, 0.25) is 0 Å². The molecule has 4 nitrogen and oxygen atoms in total. The van der Waals surface area contributed by atoms with E-state index in [4.69, 9.17) is 15.2 Å². The first kappa shape index (κ1) is 14.9. The Bertz CT molecular complexity index is 208. The zero-order valence-electron chi connectivity index (χ0n) is 11.6. The smallest absolute Gasteiger partial charge is 0.0702 e. The summed E-state index contributed by atoms with van der Waals surface area (Å²) in [6.07, 6.45) is 4.01. The average Bonchev–Trinajstić information content (AvgIpc) is 2.37. The lowest BCUT2D eigenvalue weighted by molar-refractivity contribution is -0.0382. The fraction of sp³-hybridized carbons (Fsp3) is 1.00. The number of ether oxygens (including phenoxy) is 2. The predicted molar refractivity (Wildman–Crippen MR) is 70.2 cm³/mol. The van der Waals surface area contributed by atoms with Gasteiger partial charge in [0.25, 0.3) is 0 Å². The minimum absolute atomic E-state index is 0.0865. The van der Waals surface area contributed by atoms with Crippen LogP contribution in [-0.4, -0.2) is 56.5 Å². The number of hydrogen-bond acceptors (Lipinski definition) is 4. The third-order valence-electron chi connectivity index (χ3n) is 3.73. The normalized spacial score (nSPS) is 24.9. The van der Waals surface area contributed by atoms with E-state index in [2.05, 4.69) is 18.9 Å². The molecule has 2 atom stereocenters. The summed E-state index contributed by atoms with van der Waals surface area (Å²) in [4.78, 5) is 2.29. The Hall–Kier alpha value is -0.160. The first-order valence-corrected chi connectivity index (χ1v) is 6.73. The second kappa shape index (κ2) is 7.31. The Morgan fingerprint density at radius 3 is 2.76 bits per heavy atom. The lowest BCUT2D eigenvalue weighted by Crippen LogP contribution is -2.55.